The van der Waals surface area contributed by atoms with Crippen molar-refractivity contribution in [3.05, 3.63) is 42.1 Å². The number of thiophene rings is 1. The van der Waals surface area contributed by atoms with Crippen LogP contribution in [0.1, 0.15) is 34.4 Å². The fourth-order valence-corrected chi connectivity index (χ4v) is 5.56. The van der Waals surface area contributed by atoms with Gasteiger partial charge in [0.1, 0.15) is 0 Å². The van der Waals surface area contributed by atoms with E-state index in [4.69, 9.17) is 0 Å². The molecule has 112 valence electrons. The molecule has 4 rings (SSSR count). The SMILES string of the molecule is CC1CCc2c(sc(=O)n2CN2CCc3sccc3C2)C1. The Morgan fingerprint density at radius 2 is 2.24 bits per heavy atom. The topological polar surface area (TPSA) is 25.2 Å². The summed E-state index contributed by atoms with van der Waals surface area (Å²) in [7, 11) is 0. The van der Waals surface area contributed by atoms with E-state index in [2.05, 4.69) is 23.3 Å². The largest absolute Gasteiger partial charge is 0.308 e. The molecule has 1 aliphatic heterocycles. The predicted octanol–water partition coefficient (Wildman–Crippen LogP) is 3.11. The van der Waals surface area contributed by atoms with Crippen LogP contribution in [0.4, 0.5) is 0 Å². The molecule has 1 unspecified atom stereocenters. The molecule has 0 spiro atoms. The number of nitrogens with zero attached hydrogens (tertiary/aromatic N) is 2. The lowest BCUT2D eigenvalue weighted by molar-refractivity contribution is 0.196. The third-order valence-electron chi connectivity index (χ3n) is 4.71. The van der Waals surface area contributed by atoms with Gasteiger partial charge in [-0.15, -0.1) is 11.3 Å². The van der Waals surface area contributed by atoms with Crippen molar-refractivity contribution in [3.63, 3.8) is 0 Å². The lowest BCUT2D eigenvalue weighted by atomic mass is 9.93. The van der Waals surface area contributed by atoms with E-state index in [0.717, 1.165) is 44.9 Å². The fraction of sp³-hybridized carbons (Fsp3) is 0.562. The summed E-state index contributed by atoms with van der Waals surface area (Å²) in [5.74, 6) is 0.729. The second kappa shape index (κ2) is 5.38. The van der Waals surface area contributed by atoms with Crippen LogP contribution < -0.4 is 4.87 Å². The molecule has 3 nitrogen and oxygen atoms in total. The van der Waals surface area contributed by atoms with Crippen molar-refractivity contribution in [2.45, 2.75) is 45.8 Å². The van der Waals surface area contributed by atoms with Gasteiger partial charge in [-0.1, -0.05) is 18.3 Å². The van der Waals surface area contributed by atoms with Crippen LogP contribution in [0.15, 0.2) is 16.2 Å². The highest BCUT2D eigenvalue weighted by atomic mass is 32.1. The van der Waals surface area contributed by atoms with E-state index in [1.54, 1.807) is 0 Å². The first kappa shape index (κ1) is 13.7. The number of rotatable bonds is 2. The van der Waals surface area contributed by atoms with E-state index in [1.165, 1.54) is 38.8 Å². The Kier molecular flexibility index (Phi) is 3.52. The predicted molar refractivity (Wildman–Crippen MR) is 88.2 cm³/mol. The van der Waals surface area contributed by atoms with Gasteiger partial charge < -0.3 is 0 Å². The lowest BCUT2D eigenvalue weighted by Crippen LogP contribution is -2.35. The van der Waals surface area contributed by atoms with Gasteiger partial charge in [0.05, 0.1) is 6.67 Å². The van der Waals surface area contributed by atoms with Crippen molar-refractivity contribution in [1.82, 2.24) is 9.47 Å². The molecule has 21 heavy (non-hydrogen) atoms. The van der Waals surface area contributed by atoms with E-state index in [1.807, 2.05) is 15.9 Å². The van der Waals surface area contributed by atoms with Crippen LogP contribution >= 0.6 is 22.7 Å². The summed E-state index contributed by atoms with van der Waals surface area (Å²) in [6, 6.07) is 2.24. The molecule has 2 aliphatic rings. The number of hydrogen-bond acceptors (Lipinski definition) is 4. The Bertz CT molecular complexity index is 712. The van der Waals surface area contributed by atoms with Crippen LogP contribution in [-0.2, 0) is 32.5 Å². The highest BCUT2D eigenvalue weighted by Gasteiger charge is 2.24. The van der Waals surface area contributed by atoms with Crippen molar-refractivity contribution in [3.8, 4) is 0 Å². The molecule has 0 N–H and O–H groups in total. The molecule has 0 bridgehead atoms. The lowest BCUT2D eigenvalue weighted by Gasteiger charge is -2.28. The Balaban J connectivity index is 1.57. The summed E-state index contributed by atoms with van der Waals surface area (Å²) in [6.07, 6.45) is 4.52. The number of thiazole rings is 1. The van der Waals surface area contributed by atoms with Crippen LogP contribution in [0.25, 0.3) is 0 Å². The van der Waals surface area contributed by atoms with Gasteiger partial charge in [-0.25, -0.2) is 0 Å². The molecule has 3 heterocycles. The van der Waals surface area contributed by atoms with E-state index < -0.39 is 0 Å². The number of fused-ring (bicyclic) bond motifs is 2. The van der Waals surface area contributed by atoms with Gasteiger partial charge in [-0.05, 0) is 48.6 Å². The van der Waals surface area contributed by atoms with E-state index in [9.17, 15) is 4.79 Å². The molecule has 1 aliphatic carbocycles. The molecule has 0 aromatic carbocycles. The van der Waals surface area contributed by atoms with Gasteiger partial charge in [0, 0.05) is 28.5 Å². The number of hydrogen-bond donors (Lipinski definition) is 0. The summed E-state index contributed by atoms with van der Waals surface area (Å²) in [5, 5.41) is 2.19. The monoisotopic (exact) mass is 320 g/mol. The maximum absolute atomic E-state index is 12.3. The molecule has 0 fully saturated rings. The smallest absolute Gasteiger partial charge is 0.289 e. The Hall–Kier alpha value is -0.910. The van der Waals surface area contributed by atoms with E-state index >= 15 is 0 Å². The third-order valence-corrected chi connectivity index (χ3v) is 6.78. The van der Waals surface area contributed by atoms with Crippen molar-refractivity contribution in [2.75, 3.05) is 6.54 Å². The zero-order chi connectivity index (χ0) is 14.4. The third kappa shape index (κ3) is 2.51. The van der Waals surface area contributed by atoms with Crippen LogP contribution in [0.2, 0.25) is 0 Å². The van der Waals surface area contributed by atoms with E-state index in [0.29, 0.717) is 0 Å². The van der Waals surface area contributed by atoms with Crippen molar-refractivity contribution < 1.29 is 0 Å². The minimum atomic E-state index is 0.241. The molecular formula is C16H20N2OS2. The fourth-order valence-electron chi connectivity index (χ4n) is 3.49. The molecule has 2 aromatic rings. The summed E-state index contributed by atoms with van der Waals surface area (Å²) >= 11 is 3.35. The Morgan fingerprint density at radius 3 is 3.14 bits per heavy atom. The molecule has 0 amide bonds. The molecule has 5 heteroatoms. The molecular weight excluding hydrogens is 300 g/mol. The summed E-state index contributed by atoms with van der Waals surface area (Å²) in [4.78, 5) is 17.9. The summed E-state index contributed by atoms with van der Waals surface area (Å²) < 4.78 is 2.04. The molecule has 1 atom stereocenters. The number of aromatic nitrogens is 1. The maximum Gasteiger partial charge on any atom is 0.308 e. The van der Waals surface area contributed by atoms with Gasteiger partial charge >= 0.3 is 4.87 Å². The average Bonchev–Trinajstić information content (AvgIpc) is 3.03. The van der Waals surface area contributed by atoms with Gasteiger partial charge in [0.2, 0.25) is 0 Å². The minimum Gasteiger partial charge on any atom is -0.289 e. The maximum atomic E-state index is 12.3. The van der Waals surface area contributed by atoms with E-state index in [-0.39, 0.29) is 4.87 Å². The van der Waals surface area contributed by atoms with Crippen LogP contribution in [-0.4, -0.2) is 16.0 Å². The first-order chi connectivity index (χ1) is 10.2. The van der Waals surface area contributed by atoms with Crippen LogP contribution in [0.3, 0.4) is 0 Å². The van der Waals surface area contributed by atoms with Crippen LogP contribution in [0, 0.1) is 5.92 Å². The summed E-state index contributed by atoms with van der Waals surface area (Å²) in [6.45, 7) is 5.13. The molecule has 0 saturated heterocycles. The first-order valence-corrected chi connectivity index (χ1v) is 9.39. The Labute approximate surface area is 132 Å². The van der Waals surface area contributed by atoms with Gasteiger partial charge in [0.15, 0.2) is 0 Å². The van der Waals surface area contributed by atoms with Crippen molar-refractivity contribution >= 4 is 22.7 Å². The highest BCUT2D eigenvalue weighted by Crippen LogP contribution is 2.28. The molecule has 2 aromatic heterocycles. The molecule has 0 radical (unpaired) electrons. The van der Waals surface area contributed by atoms with Gasteiger partial charge in [-0.3, -0.25) is 14.3 Å². The standard InChI is InChI=1S/C16H20N2OS2/c1-11-2-3-13-15(8-11)21-16(19)18(13)10-17-6-4-14-12(9-17)5-7-20-14/h5,7,11H,2-4,6,8-10H2,1H3. The highest BCUT2D eigenvalue weighted by molar-refractivity contribution is 7.10. The zero-order valence-corrected chi connectivity index (χ0v) is 13.9. The zero-order valence-electron chi connectivity index (χ0n) is 12.3. The quantitative estimate of drug-likeness (QED) is 0.849. The second-order valence-electron chi connectivity index (χ2n) is 6.33. The average molecular weight is 320 g/mol. The minimum absolute atomic E-state index is 0.241. The van der Waals surface area contributed by atoms with Crippen LogP contribution in [0.5, 0.6) is 0 Å². The van der Waals surface area contributed by atoms with Gasteiger partial charge in [-0.2, -0.15) is 0 Å². The van der Waals surface area contributed by atoms with Crippen molar-refractivity contribution in [2.24, 2.45) is 5.92 Å². The van der Waals surface area contributed by atoms with Crippen molar-refractivity contribution in [1.29, 1.82) is 0 Å². The summed E-state index contributed by atoms with van der Waals surface area (Å²) in [5.41, 5.74) is 2.77. The Morgan fingerprint density at radius 1 is 1.33 bits per heavy atom. The second-order valence-corrected chi connectivity index (χ2v) is 8.37. The molecule has 0 saturated carbocycles. The normalized spacial score (nSPS) is 22.0. The first-order valence-electron chi connectivity index (χ1n) is 7.69. The van der Waals surface area contributed by atoms with Gasteiger partial charge in [0.25, 0.3) is 0 Å².